The Morgan fingerprint density at radius 2 is 2.03 bits per heavy atom. The van der Waals surface area contributed by atoms with E-state index in [2.05, 4.69) is 15.5 Å². The predicted molar refractivity (Wildman–Crippen MR) is 119 cm³/mol. The lowest BCUT2D eigenvalue weighted by Gasteiger charge is -2.45. The highest BCUT2D eigenvalue weighted by Gasteiger charge is 2.40. The van der Waals surface area contributed by atoms with Crippen LogP contribution in [0.25, 0.3) is 0 Å². The summed E-state index contributed by atoms with van der Waals surface area (Å²) in [7, 11) is 0. The first-order valence-electron chi connectivity index (χ1n) is 9.66. The lowest BCUT2D eigenvalue weighted by atomic mass is 9.67. The Balaban J connectivity index is 0.00000150. The van der Waals surface area contributed by atoms with Crippen LogP contribution < -0.4 is 11.1 Å². The van der Waals surface area contributed by atoms with Crippen LogP contribution in [0.2, 0.25) is 0 Å². The summed E-state index contributed by atoms with van der Waals surface area (Å²) in [5.41, 5.74) is 7.70. The first-order chi connectivity index (χ1) is 13.1. The molecule has 9 heteroatoms. The third-order valence-corrected chi connectivity index (χ3v) is 6.76. The molecule has 160 valence electrons. The summed E-state index contributed by atoms with van der Waals surface area (Å²) in [6, 6.07) is 6.09. The molecule has 4 rings (SSSR count). The van der Waals surface area contributed by atoms with Crippen molar-refractivity contribution in [3.05, 3.63) is 41.4 Å². The molecular formula is C20H28Cl2N4O2S. The van der Waals surface area contributed by atoms with E-state index in [1.165, 1.54) is 18.2 Å². The number of nitrogens with zero attached hydrogens (tertiary/aromatic N) is 2. The number of halogens is 2. The van der Waals surface area contributed by atoms with Gasteiger partial charge in [0.05, 0.1) is 11.3 Å². The number of pyridine rings is 1. The van der Waals surface area contributed by atoms with Gasteiger partial charge in [-0.2, -0.15) is 0 Å². The number of nitrogens with one attached hydrogen (secondary N) is 1. The summed E-state index contributed by atoms with van der Waals surface area (Å²) < 4.78 is 5.11. The second-order valence-electron chi connectivity index (χ2n) is 7.76. The number of fused-ring (bicyclic) bond motifs is 2. The highest BCUT2D eigenvalue weighted by molar-refractivity contribution is 7.98. The number of nitrogens with two attached hydrogens (primary N) is 1. The maximum Gasteiger partial charge on any atom is 0.254 e. The molecule has 2 heterocycles. The van der Waals surface area contributed by atoms with Gasteiger partial charge in [0.1, 0.15) is 10.8 Å². The van der Waals surface area contributed by atoms with Crippen molar-refractivity contribution in [3.8, 4) is 0 Å². The van der Waals surface area contributed by atoms with Gasteiger partial charge in [-0.3, -0.25) is 4.79 Å². The van der Waals surface area contributed by atoms with Crippen LogP contribution in [0.5, 0.6) is 0 Å². The Kier molecular flexibility index (Phi) is 8.82. The average Bonchev–Trinajstić information content (AvgIpc) is 3.06. The maximum atomic E-state index is 13.0. The molecule has 29 heavy (non-hydrogen) atoms. The van der Waals surface area contributed by atoms with Gasteiger partial charge in [0, 0.05) is 30.1 Å². The third kappa shape index (κ3) is 5.66. The lowest BCUT2D eigenvalue weighted by molar-refractivity contribution is 0.0753. The second kappa shape index (κ2) is 10.7. The van der Waals surface area contributed by atoms with Crippen molar-refractivity contribution in [3.63, 3.8) is 0 Å². The quantitative estimate of drug-likeness (QED) is 0.653. The Bertz CT molecular complexity index is 805. The minimum atomic E-state index is -0.0284. The molecule has 3 N–H and O–H groups in total. The van der Waals surface area contributed by atoms with E-state index in [0.29, 0.717) is 23.2 Å². The van der Waals surface area contributed by atoms with Crippen molar-refractivity contribution in [2.75, 3.05) is 0 Å². The van der Waals surface area contributed by atoms with Gasteiger partial charge in [-0.1, -0.05) is 23.3 Å². The molecular weight excluding hydrogens is 431 g/mol. The summed E-state index contributed by atoms with van der Waals surface area (Å²) in [6.45, 7) is 1.87. The number of carbonyl (C=O) groups is 1. The molecule has 2 bridgehead atoms. The van der Waals surface area contributed by atoms with Crippen molar-refractivity contribution < 1.29 is 9.32 Å². The summed E-state index contributed by atoms with van der Waals surface area (Å²) >= 11 is 1.51. The van der Waals surface area contributed by atoms with E-state index in [9.17, 15) is 4.79 Å². The van der Waals surface area contributed by atoms with Gasteiger partial charge in [0.25, 0.3) is 5.91 Å². The minimum Gasteiger partial charge on any atom is -0.361 e. The molecule has 0 radical (unpaired) electrons. The van der Waals surface area contributed by atoms with Gasteiger partial charge in [-0.05, 0) is 56.6 Å². The van der Waals surface area contributed by atoms with Crippen LogP contribution in [0.4, 0.5) is 0 Å². The number of rotatable bonds is 5. The number of aromatic nitrogens is 2. The topological polar surface area (TPSA) is 94.0 Å². The van der Waals surface area contributed by atoms with Crippen molar-refractivity contribution >= 4 is 42.5 Å². The molecule has 2 aromatic heterocycles. The van der Waals surface area contributed by atoms with Crippen LogP contribution in [-0.4, -0.2) is 28.1 Å². The van der Waals surface area contributed by atoms with Crippen LogP contribution >= 0.6 is 36.6 Å². The molecule has 0 aliphatic heterocycles. The molecule has 2 saturated carbocycles. The molecule has 2 unspecified atom stereocenters. The molecule has 2 aromatic rings. The van der Waals surface area contributed by atoms with Crippen molar-refractivity contribution in [2.24, 2.45) is 17.6 Å². The Labute approximate surface area is 188 Å². The van der Waals surface area contributed by atoms with E-state index in [1.807, 2.05) is 25.1 Å². The average molecular weight is 459 g/mol. The highest BCUT2D eigenvalue weighted by atomic mass is 35.5. The fourth-order valence-corrected chi connectivity index (χ4v) is 5.43. The lowest BCUT2D eigenvalue weighted by Crippen LogP contribution is -2.53. The number of hydrogen-bond acceptors (Lipinski definition) is 6. The largest absolute Gasteiger partial charge is 0.361 e. The van der Waals surface area contributed by atoms with Gasteiger partial charge >= 0.3 is 0 Å². The highest BCUT2D eigenvalue weighted by Crippen LogP contribution is 2.40. The second-order valence-corrected chi connectivity index (χ2v) is 8.72. The first kappa shape index (κ1) is 24.0. The predicted octanol–water partition coefficient (Wildman–Crippen LogP) is 4.15. The van der Waals surface area contributed by atoms with Gasteiger partial charge in [0.2, 0.25) is 0 Å². The van der Waals surface area contributed by atoms with Crippen LogP contribution in [0.15, 0.2) is 33.9 Å². The van der Waals surface area contributed by atoms with Gasteiger partial charge in [-0.15, -0.1) is 24.8 Å². The molecule has 2 fully saturated rings. The van der Waals surface area contributed by atoms with Gasteiger partial charge in [0.15, 0.2) is 0 Å². The molecule has 2 aliphatic carbocycles. The number of aryl methyl sites for hydroxylation is 1. The Morgan fingerprint density at radius 3 is 2.69 bits per heavy atom. The molecule has 6 nitrogen and oxygen atoms in total. The van der Waals surface area contributed by atoms with Crippen LogP contribution in [0.3, 0.4) is 0 Å². The number of hydrogen-bond donors (Lipinski definition) is 2. The fraction of sp³-hybridized carbons (Fsp3) is 0.550. The van der Waals surface area contributed by atoms with Crippen LogP contribution in [0.1, 0.15) is 53.9 Å². The zero-order chi connectivity index (χ0) is 18.8. The van der Waals surface area contributed by atoms with E-state index < -0.39 is 0 Å². The molecule has 2 atom stereocenters. The smallest absolute Gasteiger partial charge is 0.254 e. The number of amides is 1. The van der Waals surface area contributed by atoms with Crippen molar-refractivity contribution in [2.45, 2.75) is 61.9 Å². The normalized spacial score (nSPS) is 25.4. The molecule has 0 spiro atoms. The van der Waals surface area contributed by atoms with E-state index in [1.54, 1.807) is 6.20 Å². The standard InChI is InChI=1S/C20H26N4O2S.2ClH/c1-12-8-16(24-26-12)11-27-20-17(6-3-7-22-20)19(25)23-18-13-4-2-5-14(18)10-15(21)9-13;;/h3,6-8,13-15,18H,2,4-5,9-11,21H2,1H3,(H,23,25);2*1H. The molecule has 1 amide bonds. The zero-order valence-electron chi connectivity index (χ0n) is 16.4. The molecule has 0 aromatic carbocycles. The zero-order valence-corrected chi connectivity index (χ0v) is 18.8. The van der Waals surface area contributed by atoms with E-state index in [4.69, 9.17) is 10.3 Å². The molecule has 0 saturated heterocycles. The fourth-order valence-electron chi connectivity index (χ4n) is 4.56. The number of carbonyl (C=O) groups excluding carboxylic acids is 1. The Hall–Kier alpha value is -1.28. The van der Waals surface area contributed by atoms with E-state index in [-0.39, 0.29) is 42.8 Å². The summed E-state index contributed by atoms with van der Waals surface area (Å²) in [5.74, 6) is 2.38. The van der Waals surface area contributed by atoms with Crippen molar-refractivity contribution in [1.29, 1.82) is 0 Å². The monoisotopic (exact) mass is 458 g/mol. The Morgan fingerprint density at radius 1 is 1.31 bits per heavy atom. The van der Waals surface area contributed by atoms with Crippen LogP contribution in [-0.2, 0) is 5.75 Å². The SMILES string of the molecule is Cc1cc(CSc2ncccc2C(=O)NC2C3CCCC2CC(N)C3)no1.Cl.Cl. The third-order valence-electron chi connectivity index (χ3n) is 5.72. The number of thioether (sulfide) groups is 1. The summed E-state index contributed by atoms with van der Waals surface area (Å²) in [4.78, 5) is 17.5. The van der Waals surface area contributed by atoms with Gasteiger partial charge < -0.3 is 15.6 Å². The van der Waals surface area contributed by atoms with Crippen molar-refractivity contribution in [1.82, 2.24) is 15.5 Å². The van der Waals surface area contributed by atoms with Gasteiger partial charge in [-0.25, -0.2) is 4.98 Å². The van der Waals surface area contributed by atoms with E-state index in [0.717, 1.165) is 42.2 Å². The first-order valence-corrected chi connectivity index (χ1v) is 10.6. The molecule has 2 aliphatic rings. The van der Waals surface area contributed by atoms with Crippen LogP contribution in [0, 0.1) is 18.8 Å². The summed E-state index contributed by atoms with van der Waals surface area (Å²) in [5, 5.41) is 8.06. The minimum absolute atomic E-state index is 0. The van der Waals surface area contributed by atoms with E-state index >= 15 is 0 Å². The maximum absolute atomic E-state index is 13.0. The summed E-state index contributed by atoms with van der Waals surface area (Å²) in [6.07, 6.45) is 7.33.